The molecule has 2 heterocycles. The third kappa shape index (κ3) is 6.21. The summed E-state index contributed by atoms with van der Waals surface area (Å²) in [5.41, 5.74) is 0.959. The number of alkyl halides is 3. The van der Waals surface area contributed by atoms with Gasteiger partial charge in [-0.1, -0.05) is 24.3 Å². The first-order valence-electron chi connectivity index (χ1n) is 12.3. The molecule has 0 spiro atoms. The van der Waals surface area contributed by atoms with E-state index in [2.05, 4.69) is 15.4 Å². The third-order valence-corrected chi connectivity index (χ3v) is 7.11. The van der Waals surface area contributed by atoms with Crippen LogP contribution < -0.4 is 5.32 Å². The van der Waals surface area contributed by atoms with Gasteiger partial charge in [-0.3, -0.25) is 9.48 Å². The Labute approximate surface area is 230 Å². The number of benzene rings is 3. The monoisotopic (exact) mass is 568 g/mol. The zero-order chi connectivity index (χ0) is 28.7. The highest BCUT2D eigenvalue weighted by molar-refractivity contribution is 7.13. The summed E-state index contributed by atoms with van der Waals surface area (Å²) in [4.78, 5) is 17.5. The Morgan fingerprint density at radius 1 is 1.05 bits per heavy atom. The van der Waals surface area contributed by atoms with Crippen molar-refractivity contribution in [1.82, 2.24) is 14.8 Å². The minimum Gasteiger partial charge on any atom is -0.390 e. The summed E-state index contributed by atoms with van der Waals surface area (Å²) < 4.78 is 54.8. The van der Waals surface area contributed by atoms with E-state index in [1.165, 1.54) is 29.6 Å². The fraction of sp³-hybridized carbons (Fsp3) is 0.207. The van der Waals surface area contributed by atoms with Gasteiger partial charge in [0, 0.05) is 40.3 Å². The predicted octanol–water partition coefficient (Wildman–Crippen LogP) is 7.40. The number of rotatable bonds is 7. The Kier molecular flexibility index (Phi) is 7.19. The molecule has 0 atom stereocenters. The molecule has 0 aliphatic carbocycles. The highest BCUT2D eigenvalue weighted by atomic mass is 32.1. The SMILES string of the molecule is CC(C)(O)CCn1cc2cc(NC(=O)c3csc(-c4cccc(C(F)(F)F)c4)n3)c(-c3ccc(F)cc3)cc2n1. The van der Waals surface area contributed by atoms with Crippen LogP contribution in [0.25, 0.3) is 32.6 Å². The van der Waals surface area contributed by atoms with E-state index in [4.69, 9.17) is 0 Å². The summed E-state index contributed by atoms with van der Waals surface area (Å²) in [6, 6.07) is 14.1. The molecule has 5 rings (SSSR count). The Morgan fingerprint density at radius 3 is 2.50 bits per heavy atom. The maximum absolute atomic E-state index is 13.6. The number of amides is 1. The van der Waals surface area contributed by atoms with Crippen molar-refractivity contribution >= 4 is 33.8 Å². The van der Waals surface area contributed by atoms with Crippen molar-refractivity contribution in [1.29, 1.82) is 0 Å². The molecular formula is C29H24F4N4O2S. The van der Waals surface area contributed by atoms with E-state index in [9.17, 15) is 27.5 Å². The number of halogens is 4. The lowest BCUT2D eigenvalue weighted by molar-refractivity contribution is -0.137. The van der Waals surface area contributed by atoms with Gasteiger partial charge >= 0.3 is 6.18 Å². The van der Waals surface area contributed by atoms with Gasteiger partial charge in [-0.2, -0.15) is 18.3 Å². The number of fused-ring (bicyclic) bond motifs is 1. The summed E-state index contributed by atoms with van der Waals surface area (Å²) in [5, 5.41) is 20.0. The number of thiazole rings is 1. The Bertz CT molecular complexity index is 1690. The first-order chi connectivity index (χ1) is 18.9. The maximum Gasteiger partial charge on any atom is 0.416 e. The first-order valence-corrected chi connectivity index (χ1v) is 13.2. The normalized spacial score (nSPS) is 12.2. The Hall–Kier alpha value is -4.09. The van der Waals surface area contributed by atoms with Crippen molar-refractivity contribution in [2.75, 3.05) is 5.32 Å². The number of carbonyl (C=O) groups is 1. The van der Waals surface area contributed by atoms with Crippen LogP contribution in [0.5, 0.6) is 0 Å². The van der Waals surface area contributed by atoms with E-state index in [0.29, 0.717) is 35.3 Å². The van der Waals surface area contributed by atoms with Crippen LogP contribution in [0.1, 0.15) is 36.3 Å². The number of nitrogens with zero attached hydrogens (tertiary/aromatic N) is 3. The number of hydrogen-bond donors (Lipinski definition) is 2. The molecule has 0 fully saturated rings. The number of anilines is 1. The zero-order valence-corrected chi connectivity index (χ0v) is 22.3. The van der Waals surface area contributed by atoms with E-state index < -0.39 is 29.1 Å². The quantitative estimate of drug-likeness (QED) is 0.201. The predicted molar refractivity (Wildman–Crippen MR) is 147 cm³/mol. The summed E-state index contributed by atoms with van der Waals surface area (Å²) in [6.45, 7) is 3.91. The molecule has 5 aromatic rings. The molecule has 11 heteroatoms. The maximum atomic E-state index is 13.6. The van der Waals surface area contributed by atoms with Crippen LogP contribution in [0.3, 0.4) is 0 Å². The van der Waals surface area contributed by atoms with E-state index in [1.807, 2.05) is 0 Å². The highest BCUT2D eigenvalue weighted by Crippen LogP contribution is 2.35. The number of aliphatic hydroxyl groups is 1. The molecule has 0 saturated carbocycles. The van der Waals surface area contributed by atoms with Gasteiger partial charge in [0.05, 0.1) is 16.7 Å². The molecule has 1 amide bonds. The van der Waals surface area contributed by atoms with Gasteiger partial charge in [0.1, 0.15) is 16.5 Å². The Morgan fingerprint density at radius 2 is 1.80 bits per heavy atom. The van der Waals surface area contributed by atoms with E-state index in [1.54, 1.807) is 49.0 Å². The van der Waals surface area contributed by atoms with Gasteiger partial charge in [0.2, 0.25) is 0 Å². The van der Waals surface area contributed by atoms with Crippen LogP contribution in [0.15, 0.2) is 72.2 Å². The van der Waals surface area contributed by atoms with Crippen LogP contribution in [0.4, 0.5) is 23.2 Å². The van der Waals surface area contributed by atoms with Crippen molar-refractivity contribution < 1.29 is 27.5 Å². The number of aryl methyl sites for hydroxylation is 1. The third-order valence-electron chi connectivity index (χ3n) is 6.22. The molecular weight excluding hydrogens is 544 g/mol. The largest absolute Gasteiger partial charge is 0.416 e. The molecule has 0 aliphatic rings. The van der Waals surface area contributed by atoms with Crippen LogP contribution in [0, 0.1) is 5.82 Å². The van der Waals surface area contributed by atoms with Gasteiger partial charge < -0.3 is 10.4 Å². The Balaban J connectivity index is 1.47. The van der Waals surface area contributed by atoms with E-state index in [0.717, 1.165) is 28.9 Å². The molecule has 0 radical (unpaired) electrons. The minimum absolute atomic E-state index is 0.0448. The summed E-state index contributed by atoms with van der Waals surface area (Å²) in [6.07, 6.45) is -2.21. The molecule has 2 N–H and O–H groups in total. The second-order valence-electron chi connectivity index (χ2n) is 9.99. The lowest BCUT2D eigenvalue weighted by atomic mass is 10.0. The second-order valence-corrected chi connectivity index (χ2v) is 10.8. The summed E-state index contributed by atoms with van der Waals surface area (Å²) >= 11 is 1.06. The standard InChI is InChI=1S/C29H24F4N4O2S/c1-28(2,39)10-11-37-15-19-13-24(22(14-23(19)36-37)17-6-8-21(30)9-7-17)34-26(38)25-16-40-27(35-25)18-4-3-5-20(12-18)29(31,32)33/h3-9,12-16,39H,10-11H2,1-2H3,(H,34,38). The van der Waals surface area contributed by atoms with Crippen molar-refractivity contribution in [2.45, 2.75) is 38.6 Å². The van der Waals surface area contributed by atoms with Gasteiger partial charge in [-0.25, -0.2) is 9.37 Å². The number of hydrogen-bond acceptors (Lipinski definition) is 5. The smallest absolute Gasteiger partial charge is 0.390 e. The summed E-state index contributed by atoms with van der Waals surface area (Å²) in [7, 11) is 0. The first kappa shape index (κ1) is 27.5. The second kappa shape index (κ2) is 10.5. The zero-order valence-electron chi connectivity index (χ0n) is 21.5. The molecule has 0 saturated heterocycles. The number of nitrogens with one attached hydrogen (secondary N) is 1. The molecule has 3 aromatic carbocycles. The molecule has 206 valence electrons. The number of carbonyl (C=O) groups excluding carboxylic acids is 1. The van der Waals surface area contributed by atoms with Gasteiger partial charge in [-0.15, -0.1) is 11.3 Å². The average molecular weight is 569 g/mol. The van der Waals surface area contributed by atoms with Crippen molar-refractivity contribution in [3.8, 4) is 21.7 Å². The van der Waals surface area contributed by atoms with Gasteiger partial charge in [0.15, 0.2) is 0 Å². The van der Waals surface area contributed by atoms with Crippen molar-refractivity contribution in [3.05, 3.63) is 89.3 Å². The average Bonchev–Trinajstić information content (AvgIpc) is 3.54. The molecule has 0 aliphatic heterocycles. The van der Waals surface area contributed by atoms with Crippen LogP contribution in [-0.4, -0.2) is 31.4 Å². The van der Waals surface area contributed by atoms with Gasteiger partial charge in [0.25, 0.3) is 5.91 Å². The molecule has 6 nitrogen and oxygen atoms in total. The molecule has 2 aromatic heterocycles. The topological polar surface area (TPSA) is 80.0 Å². The van der Waals surface area contributed by atoms with E-state index >= 15 is 0 Å². The molecule has 0 bridgehead atoms. The fourth-order valence-corrected chi connectivity index (χ4v) is 4.92. The van der Waals surface area contributed by atoms with Gasteiger partial charge in [-0.05, 0) is 62.2 Å². The number of aromatic nitrogens is 3. The highest BCUT2D eigenvalue weighted by Gasteiger charge is 2.30. The van der Waals surface area contributed by atoms with Crippen LogP contribution in [-0.2, 0) is 12.7 Å². The van der Waals surface area contributed by atoms with E-state index in [-0.39, 0.29) is 16.3 Å². The molecule has 40 heavy (non-hydrogen) atoms. The lowest BCUT2D eigenvalue weighted by Gasteiger charge is -2.16. The fourth-order valence-electron chi connectivity index (χ4n) is 4.12. The molecule has 0 unspecified atom stereocenters. The van der Waals surface area contributed by atoms with Crippen LogP contribution in [0.2, 0.25) is 0 Å². The van der Waals surface area contributed by atoms with Crippen molar-refractivity contribution in [3.63, 3.8) is 0 Å². The summed E-state index contributed by atoms with van der Waals surface area (Å²) in [5.74, 6) is -0.956. The van der Waals surface area contributed by atoms with Crippen LogP contribution >= 0.6 is 11.3 Å². The lowest BCUT2D eigenvalue weighted by Crippen LogP contribution is -2.21. The minimum atomic E-state index is -4.50. The van der Waals surface area contributed by atoms with Crippen molar-refractivity contribution in [2.24, 2.45) is 0 Å².